The maximum Gasteiger partial charge on any atom is 0.224 e. The minimum Gasteiger partial charge on any atom is -0.379 e. The average Bonchev–Trinajstić information content (AvgIpc) is 3.42. The van der Waals surface area contributed by atoms with Gasteiger partial charge in [-0.1, -0.05) is 0 Å². The van der Waals surface area contributed by atoms with Gasteiger partial charge in [0.25, 0.3) is 0 Å². The Hall–Kier alpha value is -3.81. The lowest BCUT2D eigenvalue weighted by Gasteiger charge is -2.25. The normalized spacial score (nSPS) is 14.5. The second kappa shape index (κ2) is 9.21. The molecule has 0 spiro atoms. The van der Waals surface area contributed by atoms with Gasteiger partial charge in [0.1, 0.15) is 17.5 Å². The first kappa shape index (κ1) is 22.0. The first-order chi connectivity index (χ1) is 16.5. The van der Waals surface area contributed by atoms with Crippen molar-refractivity contribution in [2.24, 2.45) is 0 Å². The van der Waals surface area contributed by atoms with E-state index in [1.165, 1.54) is 6.20 Å². The lowest BCUT2D eigenvalue weighted by molar-refractivity contribution is -0.116. The number of morpholine rings is 1. The minimum absolute atomic E-state index is 0.0792. The van der Waals surface area contributed by atoms with Gasteiger partial charge in [-0.15, -0.1) is 0 Å². The largest absolute Gasteiger partial charge is 0.379 e. The van der Waals surface area contributed by atoms with Gasteiger partial charge in [0.2, 0.25) is 5.91 Å². The number of H-pyrrole nitrogens is 1. The molecule has 4 heterocycles. The van der Waals surface area contributed by atoms with Crippen molar-refractivity contribution in [3.8, 4) is 6.07 Å². The Kier molecular flexibility index (Phi) is 5.96. The van der Waals surface area contributed by atoms with E-state index in [0.717, 1.165) is 72.3 Å². The zero-order chi connectivity index (χ0) is 23.7. The molecule has 1 fully saturated rings. The summed E-state index contributed by atoms with van der Waals surface area (Å²) in [7, 11) is 0. The fourth-order valence-electron chi connectivity index (χ4n) is 4.40. The summed E-state index contributed by atoms with van der Waals surface area (Å²) in [5.41, 5.74) is 6.16. The third-order valence-corrected chi connectivity index (χ3v) is 6.22. The Bertz CT molecular complexity index is 1410. The number of imidazole rings is 1. The summed E-state index contributed by atoms with van der Waals surface area (Å²) in [6.07, 6.45) is 2.36. The average molecular weight is 459 g/mol. The Morgan fingerprint density at radius 3 is 2.88 bits per heavy atom. The minimum atomic E-state index is -0.0792. The van der Waals surface area contributed by atoms with Crippen LogP contribution in [0.2, 0.25) is 0 Å². The second-order valence-corrected chi connectivity index (χ2v) is 8.52. The summed E-state index contributed by atoms with van der Waals surface area (Å²) >= 11 is 0. The van der Waals surface area contributed by atoms with Crippen LogP contribution in [0.5, 0.6) is 0 Å². The molecule has 4 aromatic rings. The first-order valence-electron chi connectivity index (χ1n) is 11.3. The number of amides is 1. The highest BCUT2D eigenvalue weighted by Gasteiger charge is 2.16. The highest BCUT2D eigenvalue weighted by Crippen LogP contribution is 2.20. The Balaban J connectivity index is 1.24. The molecule has 0 unspecified atom stereocenters. The second-order valence-electron chi connectivity index (χ2n) is 8.52. The van der Waals surface area contributed by atoms with Crippen molar-refractivity contribution < 1.29 is 9.53 Å². The SMILES string of the molecule is Cc1nc2c(C#N)cnn2c(C)c1CCC(=O)Nc1ccc2nc(CN3CCOCC3)[nH]c2c1. The van der Waals surface area contributed by atoms with E-state index in [2.05, 4.69) is 36.3 Å². The number of aromatic amines is 1. The molecule has 3 aromatic heterocycles. The lowest BCUT2D eigenvalue weighted by atomic mass is 10.1. The van der Waals surface area contributed by atoms with Gasteiger partial charge >= 0.3 is 0 Å². The zero-order valence-corrected chi connectivity index (χ0v) is 19.3. The van der Waals surface area contributed by atoms with Crippen LogP contribution in [0.25, 0.3) is 16.7 Å². The van der Waals surface area contributed by atoms with Gasteiger partial charge in [0.15, 0.2) is 5.65 Å². The van der Waals surface area contributed by atoms with E-state index in [0.29, 0.717) is 24.1 Å². The van der Waals surface area contributed by atoms with Crippen molar-refractivity contribution in [3.05, 3.63) is 52.7 Å². The number of aromatic nitrogens is 5. The Morgan fingerprint density at radius 1 is 1.26 bits per heavy atom. The van der Waals surface area contributed by atoms with Gasteiger partial charge in [-0.2, -0.15) is 10.4 Å². The molecule has 1 aliphatic rings. The topological polar surface area (TPSA) is 124 Å². The molecule has 10 heteroatoms. The Labute approximate surface area is 196 Å². The molecule has 10 nitrogen and oxygen atoms in total. The van der Waals surface area contributed by atoms with Crippen LogP contribution in [0, 0.1) is 25.2 Å². The van der Waals surface area contributed by atoms with Gasteiger partial charge < -0.3 is 15.0 Å². The van der Waals surface area contributed by atoms with Crippen molar-refractivity contribution in [3.63, 3.8) is 0 Å². The van der Waals surface area contributed by atoms with Crippen molar-refractivity contribution in [1.82, 2.24) is 29.5 Å². The van der Waals surface area contributed by atoms with Gasteiger partial charge in [-0.05, 0) is 44.0 Å². The van der Waals surface area contributed by atoms with Crippen molar-refractivity contribution in [2.75, 3.05) is 31.6 Å². The number of nitriles is 1. The monoisotopic (exact) mass is 458 g/mol. The fraction of sp³-hybridized carbons (Fsp3) is 0.375. The standard InChI is InChI=1S/C24H26N8O2/c1-15-19(16(2)32-24(27-15)17(12-25)13-26-32)4-6-23(33)28-18-3-5-20-21(11-18)30-22(29-20)14-31-7-9-34-10-8-31/h3,5,11,13H,4,6-10,14H2,1-2H3,(H,28,33)(H,29,30). The van der Waals surface area contributed by atoms with Crippen LogP contribution in [-0.2, 0) is 22.5 Å². The van der Waals surface area contributed by atoms with Gasteiger partial charge in [-0.3, -0.25) is 9.69 Å². The predicted molar refractivity (Wildman–Crippen MR) is 126 cm³/mol. The number of nitrogens with zero attached hydrogens (tertiary/aromatic N) is 6. The summed E-state index contributed by atoms with van der Waals surface area (Å²) < 4.78 is 7.07. The molecule has 5 rings (SSSR count). The molecule has 34 heavy (non-hydrogen) atoms. The van der Waals surface area contributed by atoms with Gasteiger partial charge in [0, 0.05) is 36.6 Å². The molecule has 2 N–H and O–H groups in total. The summed E-state index contributed by atoms with van der Waals surface area (Å²) in [6, 6.07) is 7.82. The fourth-order valence-corrected chi connectivity index (χ4v) is 4.40. The summed E-state index contributed by atoms with van der Waals surface area (Å²) in [5, 5.41) is 16.5. The molecular weight excluding hydrogens is 432 g/mol. The number of hydrogen-bond acceptors (Lipinski definition) is 7. The van der Waals surface area contributed by atoms with E-state index >= 15 is 0 Å². The summed E-state index contributed by atoms with van der Waals surface area (Å²) in [6.45, 7) is 7.89. The molecule has 0 bridgehead atoms. The number of carbonyl (C=O) groups excluding carboxylic acids is 1. The van der Waals surface area contributed by atoms with E-state index in [1.807, 2.05) is 32.0 Å². The molecule has 1 saturated heterocycles. The van der Waals surface area contributed by atoms with Crippen LogP contribution >= 0.6 is 0 Å². The van der Waals surface area contributed by atoms with Crippen LogP contribution < -0.4 is 5.32 Å². The number of fused-ring (bicyclic) bond motifs is 2. The van der Waals surface area contributed by atoms with Crippen LogP contribution in [0.3, 0.4) is 0 Å². The molecule has 0 atom stereocenters. The molecule has 1 amide bonds. The molecule has 1 aliphatic heterocycles. The maximum atomic E-state index is 12.7. The third-order valence-electron chi connectivity index (χ3n) is 6.22. The number of ether oxygens (including phenoxy) is 1. The molecule has 0 saturated carbocycles. The lowest BCUT2D eigenvalue weighted by Crippen LogP contribution is -2.35. The number of rotatable bonds is 6. The van der Waals surface area contributed by atoms with Gasteiger partial charge in [-0.25, -0.2) is 14.5 Å². The van der Waals surface area contributed by atoms with Crippen LogP contribution in [0.1, 0.15) is 34.8 Å². The number of nitrogens with one attached hydrogen (secondary N) is 2. The van der Waals surface area contributed by atoms with Crippen LogP contribution in [0.4, 0.5) is 5.69 Å². The molecular formula is C24H26N8O2. The first-order valence-corrected chi connectivity index (χ1v) is 11.3. The number of benzene rings is 1. The Morgan fingerprint density at radius 2 is 2.09 bits per heavy atom. The quantitative estimate of drug-likeness (QED) is 0.455. The molecule has 1 aromatic carbocycles. The highest BCUT2D eigenvalue weighted by atomic mass is 16.5. The number of carbonyl (C=O) groups is 1. The molecule has 174 valence electrons. The third kappa shape index (κ3) is 4.35. The van der Waals surface area contributed by atoms with Crippen molar-refractivity contribution >= 4 is 28.3 Å². The van der Waals surface area contributed by atoms with E-state index in [1.54, 1.807) is 4.52 Å². The van der Waals surface area contributed by atoms with Crippen molar-refractivity contribution in [2.45, 2.75) is 33.2 Å². The van der Waals surface area contributed by atoms with E-state index in [-0.39, 0.29) is 5.91 Å². The summed E-state index contributed by atoms with van der Waals surface area (Å²) in [4.78, 5) is 27.6. The number of anilines is 1. The van der Waals surface area contributed by atoms with E-state index < -0.39 is 0 Å². The van der Waals surface area contributed by atoms with Gasteiger partial charge in [0.05, 0.1) is 37.0 Å². The zero-order valence-electron chi connectivity index (χ0n) is 19.3. The van der Waals surface area contributed by atoms with Crippen LogP contribution in [0.15, 0.2) is 24.4 Å². The smallest absolute Gasteiger partial charge is 0.224 e. The summed E-state index contributed by atoms with van der Waals surface area (Å²) in [5.74, 6) is 0.830. The number of aryl methyl sites for hydroxylation is 2. The number of hydrogen-bond donors (Lipinski definition) is 2. The van der Waals surface area contributed by atoms with Crippen LogP contribution in [-0.4, -0.2) is 61.7 Å². The molecule has 0 aliphatic carbocycles. The van der Waals surface area contributed by atoms with E-state index in [4.69, 9.17) is 4.74 Å². The predicted octanol–water partition coefficient (Wildman–Crippen LogP) is 2.50. The molecule has 0 radical (unpaired) electrons. The highest BCUT2D eigenvalue weighted by molar-refractivity contribution is 5.93. The van der Waals surface area contributed by atoms with E-state index in [9.17, 15) is 10.1 Å². The van der Waals surface area contributed by atoms with Crippen molar-refractivity contribution in [1.29, 1.82) is 5.26 Å². The maximum absolute atomic E-state index is 12.7.